The molecule has 0 atom stereocenters. The molecule has 1 aromatic carbocycles. The summed E-state index contributed by atoms with van der Waals surface area (Å²) in [6, 6.07) is 5.30. The molecule has 2 fully saturated rings. The van der Waals surface area contributed by atoms with Crippen molar-refractivity contribution in [3.8, 4) is 0 Å². The average molecular weight is 500 g/mol. The summed E-state index contributed by atoms with van der Waals surface area (Å²) in [4.78, 5) is 18.8. The predicted octanol–water partition coefficient (Wildman–Crippen LogP) is 1.43. The second-order valence-corrected chi connectivity index (χ2v) is 10.7. The fourth-order valence-electron chi connectivity index (χ4n) is 4.08. The maximum Gasteiger partial charge on any atom is 0.243 e. The Bertz CT molecular complexity index is 1100. The quantitative estimate of drug-likeness (QED) is 0.593. The fraction of sp³-hybridized carbons (Fsp3) is 0.524. The van der Waals surface area contributed by atoms with Crippen molar-refractivity contribution in [2.75, 3.05) is 58.9 Å². The van der Waals surface area contributed by atoms with Crippen molar-refractivity contribution in [2.24, 2.45) is 0 Å². The lowest BCUT2D eigenvalue weighted by Crippen LogP contribution is -2.54. The lowest BCUT2D eigenvalue weighted by atomic mass is 10.2. The molecule has 0 spiro atoms. The molecule has 0 bridgehead atoms. The number of carbonyl (C=O) groups is 1. The van der Waals surface area contributed by atoms with E-state index in [4.69, 9.17) is 16.1 Å². The molecule has 0 N–H and O–H groups in total. The summed E-state index contributed by atoms with van der Waals surface area (Å²) in [5, 5.41) is 3.79. The summed E-state index contributed by atoms with van der Waals surface area (Å²) in [5.74, 6) is 0.126. The topological polar surface area (TPSA) is 90.2 Å². The van der Waals surface area contributed by atoms with Crippen LogP contribution in [0.3, 0.4) is 0 Å². The number of hydrogen-bond acceptors (Lipinski definition) is 7. The van der Waals surface area contributed by atoms with Crippen molar-refractivity contribution >= 4 is 27.5 Å². The molecule has 9 nitrogen and oxygen atoms in total. The molecule has 1 amide bonds. The van der Waals surface area contributed by atoms with Crippen molar-refractivity contribution in [3.05, 3.63) is 46.6 Å². The molecule has 1 aromatic heterocycles. The number of benzene rings is 1. The van der Waals surface area contributed by atoms with E-state index in [0.717, 1.165) is 56.3 Å². The molecule has 2 aliphatic heterocycles. The van der Waals surface area contributed by atoms with Gasteiger partial charge in [0.15, 0.2) is 0 Å². The van der Waals surface area contributed by atoms with Crippen LogP contribution in [0.5, 0.6) is 0 Å². The molecule has 2 aliphatic rings. The third-order valence-electron chi connectivity index (χ3n) is 6.01. The standard InChI is InChI=1S/C21H27ClFN5O4S/c1-16-12-17(24-32-16)14-25-4-6-26(7-5-25)15-21(29)27-8-10-28(11-9-27)33(30,31)18-2-3-20(23)19(22)13-18/h2-3,12-13H,4-11,14-15H2,1H3. The van der Waals surface area contributed by atoms with Gasteiger partial charge in [-0.05, 0) is 25.1 Å². The molecule has 33 heavy (non-hydrogen) atoms. The van der Waals surface area contributed by atoms with Gasteiger partial charge in [-0.25, -0.2) is 12.8 Å². The van der Waals surface area contributed by atoms with E-state index >= 15 is 0 Å². The van der Waals surface area contributed by atoms with E-state index in [0.29, 0.717) is 19.6 Å². The monoisotopic (exact) mass is 499 g/mol. The first-order chi connectivity index (χ1) is 15.7. The number of hydrogen-bond donors (Lipinski definition) is 0. The minimum absolute atomic E-state index is 0.00236. The number of sulfonamides is 1. The summed E-state index contributed by atoms with van der Waals surface area (Å²) in [5.41, 5.74) is 0.910. The summed E-state index contributed by atoms with van der Waals surface area (Å²) in [7, 11) is -3.79. The third-order valence-corrected chi connectivity index (χ3v) is 8.19. The van der Waals surface area contributed by atoms with E-state index in [1.54, 1.807) is 4.90 Å². The number of aromatic nitrogens is 1. The molecular weight excluding hydrogens is 473 g/mol. The summed E-state index contributed by atoms with van der Waals surface area (Å²) in [6.07, 6.45) is 0. The van der Waals surface area contributed by atoms with Gasteiger partial charge < -0.3 is 9.42 Å². The Labute approximate surface area is 197 Å². The van der Waals surface area contributed by atoms with Gasteiger partial charge in [0, 0.05) is 65.0 Å². The van der Waals surface area contributed by atoms with E-state index in [2.05, 4.69) is 15.0 Å². The number of piperazine rings is 2. The van der Waals surface area contributed by atoms with Gasteiger partial charge in [0.2, 0.25) is 15.9 Å². The first-order valence-electron chi connectivity index (χ1n) is 10.8. The Balaban J connectivity index is 1.24. The molecule has 4 rings (SSSR count). The third kappa shape index (κ3) is 5.72. The Hall–Kier alpha value is -2.05. The van der Waals surface area contributed by atoms with Crippen LogP contribution in [0, 0.1) is 12.7 Å². The highest BCUT2D eigenvalue weighted by molar-refractivity contribution is 7.89. The van der Waals surface area contributed by atoms with Crippen molar-refractivity contribution in [1.82, 2.24) is 24.2 Å². The van der Waals surface area contributed by atoms with E-state index in [9.17, 15) is 17.6 Å². The van der Waals surface area contributed by atoms with Crippen molar-refractivity contribution < 1.29 is 22.1 Å². The SMILES string of the molecule is Cc1cc(CN2CCN(CC(=O)N3CCN(S(=O)(=O)c4ccc(F)c(Cl)c4)CC3)CC2)no1. The highest BCUT2D eigenvalue weighted by Crippen LogP contribution is 2.23. The first-order valence-corrected chi connectivity index (χ1v) is 12.6. The Morgan fingerprint density at radius 1 is 1.06 bits per heavy atom. The molecule has 0 aliphatic carbocycles. The first kappa shape index (κ1) is 24.1. The molecule has 2 aromatic rings. The maximum atomic E-state index is 13.4. The van der Waals surface area contributed by atoms with Crippen LogP contribution in [0.2, 0.25) is 5.02 Å². The summed E-state index contributed by atoms with van der Waals surface area (Å²) < 4.78 is 45.5. The Kier molecular flexibility index (Phi) is 7.34. The smallest absolute Gasteiger partial charge is 0.243 e. The van der Waals surface area contributed by atoms with Crippen molar-refractivity contribution in [3.63, 3.8) is 0 Å². The Morgan fingerprint density at radius 2 is 1.73 bits per heavy atom. The van der Waals surface area contributed by atoms with Gasteiger partial charge in [0.1, 0.15) is 11.6 Å². The van der Waals surface area contributed by atoms with Crippen LogP contribution >= 0.6 is 11.6 Å². The number of rotatable bonds is 6. The van der Waals surface area contributed by atoms with Gasteiger partial charge in [0.05, 0.1) is 22.2 Å². The number of carbonyl (C=O) groups excluding carboxylic acids is 1. The van der Waals surface area contributed by atoms with E-state index in [1.165, 1.54) is 10.4 Å². The largest absolute Gasteiger partial charge is 0.361 e. The number of halogens is 2. The maximum absolute atomic E-state index is 13.4. The van der Waals surface area contributed by atoms with E-state index < -0.39 is 15.8 Å². The molecule has 0 unspecified atom stereocenters. The molecule has 12 heteroatoms. The number of nitrogens with zero attached hydrogens (tertiary/aromatic N) is 5. The second kappa shape index (κ2) is 10.1. The summed E-state index contributed by atoms with van der Waals surface area (Å²) >= 11 is 5.74. The zero-order chi connectivity index (χ0) is 23.6. The molecule has 180 valence electrons. The van der Waals surface area contributed by atoms with Crippen LogP contribution in [0.1, 0.15) is 11.5 Å². The van der Waals surface area contributed by atoms with Crippen LogP contribution in [0.25, 0.3) is 0 Å². The van der Waals surface area contributed by atoms with Gasteiger partial charge >= 0.3 is 0 Å². The van der Waals surface area contributed by atoms with Crippen molar-refractivity contribution in [2.45, 2.75) is 18.4 Å². The number of amides is 1. The highest BCUT2D eigenvalue weighted by Gasteiger charge is 2.31. The minimum atomic E-state index is -3.79. The van der Waals surface area contributed by atoms with E-state index in [1.807, 2.05) is 13.0 Å². The average Bonchev–Trinajstić information content (AvgIpc) is 3.21. The van der Waals surface area contributed by atoms with Crippen LogP contribution in [0.15, 0.2) is 33.7 Å². The van der Waals surface area contributed by atoms with Crippen LogP contribution in [0.4, 0.5) is 4.39 Å². The van der Waals surface area contributed by atoms with Gasteiger partial charge in [-0.3, -0.25) is 14.6 Å². The molecular formula is C21H27ClFN5O4S. The second-order valence-electron chi connectivity index (χ2n) is 8.34. The van der Waals surface area contributed by atoms with Crippen LogP contribution in [-0.4, -0.2) is 97.4 Å². The molecule has 0 saturated carbocycles. The number of aryl methyl sites for hydroxylation is 1. The highest BCUT2D eigenvalue weighted by atomic mass is 35.5. The normalized spacial score (nSPS) is 19.2. The lowest BCUT2D eigenvalue weighted by Gasteiger charge is -2.37. The van der Waals surface area contributed by atoms with Crippen molar-refractivity contribution in [1.29, 1.82) is 0 Å². The zero-order valence-electron chi connectivity index (χ0n) is 18.4. The lowest BCUT2D eigenvalue weighted by molar-refractivity contribution is -0.134. The molecule has 2 saturated heterocycles. The van der Waals surface area contributed by atoms with Crippen LogP contribution in [-0.2, 0) is 21.4 Å². The molecule has 3 heterocycles. The van der Waals surface area contributed by atoms with Gasteiger partial charge in [-0.15, -0.1) is 0 Å². The minimum Gasteiger partial charge on any atom is -0.361 e. The Morgan fingerprint density at radius 3 is 2.33 bits per heavy atom. The fourth-order valence-corrected chi connectivity index (χ4v) is 5.78. The predicted molar refractivity (Wildman–Crippen MR) is 120 cm³/mol. The van der Waals surface area contributed by atoms with Gasteiger partial charge in [-0.1, -0.05) is 16.8 Å². The van der Waals surface area contributed by atoms with Gasteiger partial charge in [0.25, 0.3) is 0 Å². The summed E-state index contributed by atoms with van der Waals surface area (Å²) in [6.45, 7) is 7.17. The zero-order valence-corrected chi connectivity index (χ0v) is 20.0. The van der Waals surface area contributed by atoms with E-state index in [-0.39, 0.29) is 28.9 Å². The van der Waals surface area contributed by atoms with Gasteiger partial charge in [-0.2, -0.15) is 4.31 Å². The van der Waals surface area contributed by atoms with Crippen LogP contribution < -0.4 is 0 Å². The molecule has 0 radical (unpaired) electrons.